The molecule has 7 heteroatoms. The first-order valence-corrected chi connectivity index (χ1v) is 4.76. The van der Waals surface area contributed by atoms with Gasteiger partial charge in [-0.05, 0) is 6.07 Å². The van der Waals surface area contributed by atoms with Gasteiger partial charge in [0.2, 0.25) is 0 Å². The minimum absolute atomic E-state index is 0.0364. The lowest BCUT2D eigenvalue weighted by Crippen LogP contribution is -2.00. The Morgan fingerprint density at radius 3 is 2.76 bits per heavy atom. The van der Waals surface area contributed by atoms with Gasteiger partial charge in [0, 0.05) is 18.3 Å². The Labute approximate surface area is 96.6 Å². The van der Waals surface area contributed by atoms with Crippen LogP contribution >= 0.6 is 0 Å². The van der Waals surface area contributed by atoms with Crippen molar-refractivity contribution >= 4 is 11.5 Å². The second kappa shape index (κ2) is 4.12. The van der Waals surface area contributed by atoms with E-state index in [-0.39, 0.29) is 5.69 Å². The minimum Gasteiger partial charge on any atom is -0.494 e. The molecule has 2 N–H and O–H groups in total. The predicted octanol–water partition coefficient (Wildman–Crippen LogP) is 1.37. The van der Waals surface area contributed by atoms with Crippen LogP contribution in [-0.2, 0) is 0 Å². The predicted molar refractivity (Wildman–Crippen MR) is 61.2 cm³/mol. The van der Waals surface area contributed by atoms with E-state index in [1.54, 1.807) is 18.3 Å². The molecule has 88 valence electrons. The number of nitro groups is 1. The summed E-state index contributed by atoms with van der Waals surface area (Å²) >= 11 is 0. The monoisotopic (exact) mass is 234 g/mol. The number of hydrogen-bond acceptors (Lipinski definition) is 5. The zero-order valence-electron chi connectivity index (χ0n) is 9.03. The normalized spacial score (nSPS) is 10.2. The van der Waals surface area contributed by atoms with E-state index in [0.29, 0.717) is 17.3 Å². The summed E-state index contributed by atoms with van der Waals surface area (Å²) in [6.45, 7) is 0. The average Bonchev–Trinajstić information content (AvgIpc) is 2.74. The molecule has 0 unspecified atom stereocenters. The molecule has 1 aromatic heterocycles. The second-order valence-electron chi connectivity index (χ2n) is 3.30. The number of non-ortho nitro benzene ring substituents is 1. The summed E-state index contributed by atoms with van der Waals surface area (Å²) in [5, 5.41) is 14.6. The lowest BCUT2D eigenvalue weighted by Gasteiger charge is -2.07. The van der Waals surface area contributed by atoms with Gasteiger partial charge in [-0.2, -0.15) is 5.10 Å². The highest BCUT2D eigenvalue weighted by atomic mass is 16.6. The van der Waals surface area contributed by atoms with Crippen LogP contribution in [0, 0.1) is 10.1 Å². The van der Waals surface area contributed by atoms with Gasteiger partial charge >= 0.3 is 0 Å². The zero-order valence-corrected chi connectivity index (χ0v) is 9.03. The van der Waals surface area contributed by atoms with E-state index in [1.807, 2.05) is 0 Å². The van der Waals surface area contributed by atoms with Crippen molar-refractivity contribution in [2.45, 2.75) is 0 Å². The van der Waals surface area contributed by atoms with Gasteiger partial charge in [-0.3, -0.25) is 10.1 Å². The van der Waals surface area contributed by atoms with Gasteiger partial charge in [0.25, 0.3) is 5.69 Å². The third-order valence-electron chi connectivity index (χ3n) is 2.23. The molecule has 17 heavy (non-hydrogen) atoms. The van der Waals surface area contributed by atoms with Crippen molar-refractivity contribution in [3.05, 3.63) is 40.6 Å². The summed E-state index contributed by atoms with van der Waals surface area (Å²) in [5.41, 5.74) is 6.06. The summed E-state index contributed by atoms with van der Waals surface area (Å²) in [4.78, 5) is 10.1. The van der Waals surface area contributed by atoms with Crippen molar-refractivity contribution in [3.63, 3.8) is 0 Å². The molecule has 0 aliphatic carbocycles. The number of nitrogen functional groups attached to an aromatic ring is 1. The maximum atomic E-state index is 10.6. The van der Waals surface area contributed by atoms with Crippen LogP contribution in [0.2, 0.25) is 0 Å². The Bertz CT molecular complexity index is 564. The van der Waals surface area contributed by atoms with Gasteiger partial charge in [0.15, 0.2) is 5.75 Å². The first-order valence-electron chi connectivity index (χ1n) is 4.76. The minimum atomic E-state index is -0.482. The van der Waals surface area contributed by atoms with E-state index in [9.17, 15) is 10.1 Å². The number of methoxy groups -OCH3 is 1. The molecule has 0 atom stereocenters. The van der Waals surface area contributed by atoms with Crippen molar-refractivity contribution in [2.24, 2.45) is 0 Å². The van der Waals surface area contributed by atoms with Crippen LogP contribution in [0.25, 0.3) is 5.69 Å². The molecule has 2 aromatic rings. The Morgan fingerprint density at radius 1 is 1.47 bits per heavy atom. The molecule has 0 saturated carbocycles. The van der Waals surface area contributed by atoms with E-state index in [4.69, 9.17) is 10.5 Å². The van der Waals surface area contributed by atoms with Crippen LogP contribution in [0.4, 0.5) is 11.5 Å². The van der Waals surface area contributed by atoms with Crippen molar-refractivity contribution in [1.29, 1.82) is 0 Å². The molecule has 0 saturated heterocycles. The van der Waals surface area contributed by atoms with E-state index >= 15 is 0 Å². The van der Waals surface area contributed by atoms with Crippen molar-refractivity contribution in [1.82, 2.24) is 9.78 Å². The molecule has 0 fully saturated rings. The summed E-state index contributed by atoms with van der Waals surface area (Å²) in [6, 6.07) is 5.91. The molecule has 7 nitrogen and oxygen atoms in total. The zero-order chi connectivity index (χ0) is 12.4. The fourth-order valence-electron chi connectivity index (χ4n) is 1.44. The van der Waals surface area contributed by atoms with Gasteiger partial charge in [-0.25, -0.2) is 4.68 Å². The second-order valence-corrected chi connectivity index (χ2v) is 3.30. The Hall–Kier alpha value is -2.57. The molecule has 0 aliphatic rings. The summed E-state index contributed by atoms with van der Waals surface area (Å²) < 4.78 is 6.59. The fraction of sp³-hybridized carbons (Fsp3) is 0.100. The maximum absolute atomic E-state index is 10.6. The molecule has 0 radical (unpaired) electrons. The molecule has 1 aromatic carbocycles. The van der Waals surface area contributed by atoms with Gasteiger partial charge in [-0.15, -0.1) is 0 Å². The summed E-state index contributed by atoms with van der Waals surface area (Å²) in [5.74, 6) is 0.729. The topological polar surface area (TPSA) is 96.2 Å². The van der Waals surface area contributed by atoms with Crippen molar-refractivity contribution in [3.8, 4) is 11.4 Å². The Morgan fingerprint density at radius 2 is 2.24 bits per heavy atom. The van der Waals surface area contributed by atoms with Crippen molar-refractivity contribution < 1.29 is 9.66 Å². The van der Waals surface area contributed by atoms with Crippen LogP contribution in [-0.4, -0.2) is 21.8 Å². The van der Waals surface area contributed by atoms with E-state index in [2.05, 4.69) is 5.10 Å². The summed E-state index contributed by atoms with van der Waals surface area (Å²) in [7, 11) is 1.44. The van der Waals surface area contributed by atoms with Crippen LogP contribution < -0.4 is 10.5 Å². The number of nitrogens with two attached hydrogens (primary N) is 1. The standard InChI is InChI=1S/C10H10N4O3/c1-17-9-6-7(14(15)16)2-3-8(9)13-5-4-10(11)12-13/h2-6H,1H3,(H2,11,12). The number of nitro benzene ring substituents is 1. The van der Waals surface area contributed by atoms with E-state index in [0.717, 1.165) is 0 Å². The van der Waals surface area contributed by atoms with E-state index in [1.165, 1.54) is 23.9 Å². The quantitative estimate of drug-likeness (QED) is 0.639. The van der Waals surface area contributed by atoms with Gasteiger partial charge in [0.1, 0.15) is 11.5 Å². The third-order valence-corrected chi connectivity index (χ3v) is 2.23. The third kappa shape index (κ3) is 2.03. The lowest BCUT2D eigenvalue weighted by atomic mass is 10.2. The molecule has 1 heterocycles. The van der Waals surface area contributed by atoms with Gasteiger partial charge < -0.3 is 10.5 Å². The highest BCUT2D eigenvalue weighted by Crippen LogP contribution is 2.27. The highest BCUT2D eigenvalue weighted by Gasteiger charge is 2.13. The van der Waals surface area contributed by atoms with Crippen LogP contribution in [0.15, 0.2) is 30.5 Å². The Kier molecular flexibility index (Phi) is 2.65. The largest absolute Gasteiger partial charge is 0.494 e. The van der Waals surface area contributed by atoms with Crippen LogP contribution in [0.1, 0.15) is 0 Å². The number of anilines is 1. The number of nitrogens with zero attached hydrogens (tertiary/aromatic N) is 3. The molecular formula is C10H10N4O3. The number of benzene rings is 1. The molecule has 0 spiro atoms. The molecule has 0 aliphatic heterocycles. The van der Waals surface area contributed by atoms with Gasteiger partial charge in [0.05, 0.1) is 18.1 Å². The fourth-order valence-corrected chi connectivity index (χ4v) is 1.44. The molecule has 0 bridgehead atoms. The first-order chi connectivity index (χ1) is 8.11. The van der Waals surface area contributed by atoms with Crippen molar-refractivity contribution in [2.75, 3.05) is 12.8 Å². The number of aromatic nitrogens is 2. The highest BCUT2D eigenvalue weighted by molar-refractivity contribution is 5.53. The maximum Gasteiger partial charge on any atom is 0.273 e. The molecular weight excluding hydrogens is 224 g/mol. The number of rotatable bonds is 3. The van der Waals surface area contributed by atoms with Crippen LogP contribution in [0.3, 0.4) is 0 Å². The first kappa shape index (κ1) is 10.9. The lowest BCUT2D eigenvalue weighted by molar-refractivity contribution is -0.384. The van der Waals surface area contributed by atoms with Gasteiger partial charge in [-0.1, -0.05) is 0 Å². The van der Waals surface area contributed by atoms with E-state index < -0.39 is 4.92 Å². The van der Waals surface area contributed by atoms with Crippen LogP contribution in [0.5, 0.6) is 5.75 Å². The molecule has 2 rings (SSSR count). The number of hydrogen-bond donors (Lipinski definition) is 1. The Balaban J connectivity index is 2.51. The average molecular weight is 234 g/mol. The molecule has 0 amide bonds. The smallest absolute Gasteiger partial charge is 0.273 e. The SMILES string of the molecule is COc1cc([N+](=O)[O-])ccc1-n1ccc(N)n1. The number of ether oxygens (including phenoxy) is 1. The summed E-state index contributed by atoms with van der Waals surface area (Å²) in [6.07, 6.45) is 1.65.